The number of imidazole rings is 4. The molecule has 0 bridgehead atoms. The molecule has 0 saturated heterocycles. The van der Waals surface area contributed by atoms with Crippen LogP contribution in [-0.2, 0) is 0 Å². The number of para-hydroxylation sites is 6. The molecule has 0 aliphatic rings. The van der Waals surface area contributed by atoms with E-state index in [1.54, 1.807) is 0 Å². The van der Waals surface area contributed by atoms with Crippen LogP contribution in [0, 0.1) is 0 Å². The first-order chi connectivity index (χ1) is 37.7. The molecule has 0 fully saturated rings. The summed E-state index contributed by atoms with van der Waals surface area (Å²) in [6.07, 6.45) is 5.51. The number of hydrogen-bond acceptors (Lipinski definition) is 7. The van der Waals surface area contributed by atoms with Crippen LogP contribution >= 0.6 is 0 Å². The van der Waals surface area contributed by atoms with E-state index >= 15 is 0 Å². The molecular formula is C65H39N11. The molecular weight excluding hydrogens is 935 g/mol. The molecule has 0 unspecified atom stereocenters. The minimum atomic E-state index is 0.753. The lowest BCUT2D eigenvalue weighted by Crippen LogP contribution is -2.04. The SMILES string of the molecule is c1ccc(-n2c(-c3cc(-c4nc5cccnc5n4-c4ccccc4)c4ccc5c(-c6nc7cccnc7n6-c6ccccc6)cc(-c6nc7cccnc7n6-c6ccccc6)c6ccc3c4c65)nc3ccccc32)cc1. The summed E-state index contributed by atoms with van der Waals surface area (Å²) in [4.78, 5) is 37.0. The van der Waals surface area contributed by atoms with Gasteiger partial charge >= 0.3 is 0 Å². The van der Waals surface area contributed by atoms with E-state index in [0.29, 0.717) is 0 Å². The van der Waals surface area contributed by atoms with Crippen LogP contribution < -0.4 is 0 Å². The van der Waals surface area contributed by atoms with Crippen molar-refractivity contribution in [3.8, 4) is 68.3 Å². The van der Waals surface area contributed by atoms with Gasteiger partial charge in [-0.3, -0.25) is 18.3 Å². The first kappa shape index (κ1) is 41.9. The van der Waals surface area contributed by atoms with Crippen molar-refractivity contribution in [2.24, 2.45) is 0 Å². The second-order valence-electron chi connectivity index (χ2n) is 19.0. The highest BCUT2D eigenvalue weighted by atomic mass is 15.2. The Labute approximate surface area is 433 Å². The van der Waals surface area contributed by atoms with E-state index in [-0.39, 0.29) is 0 Å². The highest BCUT2D eigenvalue weighted by Crippen LogP contribution is 2.50. The summed E-state index contributed by atoms with van der Waals surface area (Å²) in [6, 6.07) is 75.7. The fraction of sp³-hybridized carbons (Fsp3) is 0. The summed E-state index contributed by atoms with van der Waals surface area (Å²) in [6.45, 7) is 0. The molecule has 11 nitrogen and oxygen atoms in total. The van der Waals surface area contributed by atoms with E-state index in [1.165, 1.54) is 0 Å². The minimum absolute atomic E-state index is 0.753. The Kier molecular flexibility index (Phi) is 9.06. The molecule has 354 valence electrons. The fourth-order valence-electron chi connectivity index (χ4n) is 11.5. The van der Waals surface area contributed by atoms with Crippen LogP contribution in [0.2, 0.25) is 0 Å². The Morgan fingerprint density at radius 2 is 0.539 bits per heavy atom. The summed E-state index contributed by atoms with van der Waals surface area (Å²) in [5, 5.41) is 6.19. The molecule has 0 radical (unpaired) electrons. The van der Waals surface area contributed by atoms with Gasteiger partial charge < -0.3 is 0 Å². The molecule has 0 amide bonds. The molecule has 0 aliphatic carbocycles. The summed E-state index contributed by atoms with van der Waals surface area (Å²) < 4.78 is 8.84. The third-order valence-corrected chi connectivity index (χ3v) is 14.7. The highest BCUT2D eigenvalue weighted by Gasteiger charge is 2.29. The predicted octanol–water partition coefficient (Wildman–Crippen LogP) is 14.8. The van der Waals surface area contributed by atoms with Crippen LogP contribution in [0.3, 0.4) is 0 Å². The minimum Gasteiger partial charge on any atom is -0.292 e. The molecule has 16 aromatic rings. The zero-order valence-corrected chi connectivity index (χ0v) is 40.4. The van der Waals surface area contributed by atoms with Crippen molar-refractivity contribution in [3.63, 3.8) is 0 Å². The van der Waals surface area contributed by atoms with Crippen LogP contribution in [0.1, 0.15) is 0 Å². The molecule has 7 aromatic heterocycles. The van der Waals surface area contributed by atoms with Crippen LogP contribution in [-0.4, -0.2) is 53.2 Å². The Balaban J connectivity index is 1.12. The maximum atomic E-state index is 5.55. The molecule has 0 aliphatic heterocycles. The quantitative estimate of drug-likeness (QED) is 0.139. The molecule has 9 aromatic carbocycles. The second kappa shape index (κ2) is 16.4. The Hall–Kier alpha value is -10.7. The summed E-state index contributed by atoms with van der Waals surface area (Å²) >= 11 is 0. The Morgan fingerprint density at radius 1 is 0.250 bits per heavy atom. The lowest BCUT2D eigenvalue weighted by Gasteiger charge is -2.22. The molecule has 7 heterocycles. The summed E-state index contributed by atoms with van der Waals surface area (Å²) in [5.41, 5.74) is 14.1. The lowest BCUT2D eigenvalue weighted by atomic mass is 9.85. The maximum Gasteiger partial charge on any atom is 0.164 e. The van der Waals surface area contributed by atoms with E-state index in [2.05, 4.69) is 182 Å². The van der Waals surface area contributed by atoms with Crippen LogP contribution in [0.4, 0.5) is 0 Å². The lowest BCUT2D eigenvalue weighted by molar-refractivity contribution is 1.07. The third kappa shape index (κ3) is 6.20. The van der Waals surface area contributed by atoms with Gasteiger partial charge in [-0.1, -0.05) is 109 Å². The van der Waals surface area contributed by atoms with Gasteiger partial charge in [0.1, 0.15) is 39.8 Å². The zero-order valence-electron chi connectivity index (χ0n) is 40.4. The number of rotatable bonds is 8. The van der Waals surface area contributed by atoms with Gasteiger partial charge in [0, 0.05) is 63.6 Å². The first-order valence-electron chi connectivity index (χ1n) is 25.2. The molecule has 0 atom stereocenters. The average Bonchev–Trinajstić information content (AvgIpc) is 4.40. The molecule has 76 heavy (non-hydrogen) atoms. The largest absolute Gasteiger partial charge is 0.292 e. The van der Waals surface area contributed by atoms with Crippen molar-refractivity contribution in [1.82, 2.24) is 53.2 Å². The molecule has 16 rings (SSSR count). The van der Waals surface area contributed by atoms with Gasteiger partial charge in [-0.05, 0) is 142 Å². The van der Waals surface area contributed by atoms with Crippen molar-refractivity contribution in [1.29, 1.82) is 0 Å². The van der Waals surface area contributed by atoms with Crippen molar-refractivity contribution < 1.29 is 0 Å². The summed E-state index contributed by atoms with van der Waals surface area (Å²) in [7, 11) is 0. The number of aromatic nitrogens is 11. The van der Waals surface area contributed by atoms with E-state index in [0.717, 1.165) is 145 Å². The number of hydrogen-bond donors (Lipinski definition) is 0. The van der Waals surface area contributed by atoms with Gasteiger partial charge in [0.2, 0.25) is 0 Å². The number of nitrogens with zero attached hydrogens (tertiary/aromatic N) is 11. The van der Waals surface area contributed by atoms with Crippen LogP contribution in [0.25, 0.3) is 145 Å². The van der Waals surface area contributed by atoms with Crippen molar-refractivity contribution >= 4 is 76.8 Å². The monoisotopic (exact) mass is 973 g/mol. The van der Waals surface area contributed by atoms with Gasteiger partial charge in [0.05, 0.1) is 11.0 Å². The van der Waals surface area contributed by atoms with Crippen LogP contribution in [0.5, 0.6) is 0 Å². The Bertz CT molecular complexity index is 4310. The predicted molar refractivity (Wildman–Crippen MR) is 304 cm³/mol. The smallest absolute Gasteiger partial charge is 0.164 e. The number of pyridine rings is 3. The fourth-order valence-corrected chi connectivity index (χ4v) is 11.5. The normalized spacial score (nSPS) is 11.9. The van der Waals surface area contributed by atoms with Gasteiger partial charge in [-0.25, -0.2) is 34.9 Å². The molecule has 0 spiro atoms. The molecule has 0 saturated carbocycles. The molecule has 11 heteroatoms. The van der Waals surface area contributed by atoms with Crippen LogP contribution in [0.15, 0.2) is 237 Å². The van der Waals surface area contributed by atoms with Gasteiger partial charge in [-0.15, -0.1) is 0 Å². The van der Waals surface area contributed by atoms with Crippen molar-refractivity contribution in [3.05, 3.63) is 237 Å². The van der Waals surface area contributed by atoms with E-state index in [9.17, 15) is 0 Å². The molecule has 0 N–H and O–H groups in total. The number of benzene rings is 9. The van der Waals surface area contributed by atoms with Gasteiger partial charge in [0.25, 0.3) is 0 Å². The maximum absolute atomic E-state index is 5.55. The zero-order chi connectivity index (χ0) is 49.8. The number of fused-ring (bicyclic) bond motifs is 4. The first-order valence-corrected chi connectivity index (χ1v) is 25.2. The highest BCUT2D eigenvalue weighted by molar-refractivity contribution is 6.32. The Morgan fingerprint density at radius 3 is 0.908 bits per heavy atom. The second-order valence-corrected chi connectivity index (χ2v) is 19.0. The summed E-state index contributed by atoms with van der Waals surface area (Å²) in [5.74, 6) is 3.07. The topological polar surface area (TPSA) is 110 Å². The standard InChI is InChI=1S/C65H39N11/c1-5-18-40(19-6-1)73-56-30-14-13-26-52(56)69-59(73)48-38-49(60-70-53-27-15-35-66-63(53)74(60)41-20-7-2-8-21-41)45-33-34-47-51(62-72-55-29-17-37-68-65(55)76(62)43-24-11-4-12-25-43)39-50(46-32-31-44(48)57(45)58(46)47)61-71-54-28-16-36-67-64(54)75(61)42-22-9-3-10-23-42/h1-39H. The van der Waals surface area contributed by atoms with E-state index in [1.807, 2.05) is 73.2 Å². The van der Waals surface area contributed by atoms with Gasteiger partial charge in [0.15, 0.2) is 16.9 Å². The van der Waals surface area contributed by atoms with Crippen molar-refractivity contribution in [2.45, 2.75) is 0 Å². The van der Waals surface area contributed by atoms with Crippen molar-refractivity contribution in [2.75, 3.05) is 0 Å². The van der Waals surface area contributed by atoms with E-state index in [4.69, 9.17) is 34.9 Å². The third-order valence-electron chi connectivity index (χ3n) is 14.7. The van der Waals surface area contributed by atoms with Gasteiger partial charge in [-0.2, -0.15) is 0 Å². The van der Waals surface area contributed by atoms with E-state index < -0.39 is 0 Å². The average molecular weight is 974 g/mol.